The van der Waals surface area contributed by atoms with Gasteiger partial charge in [-0.2, -0.15) is 0 Å². The number of hydrogen-bond donors (Lipinski definition) is 1. The molecule has 0 radical (unpaired) electrons. The van der Waals surface area contributed by atoms with Crippen LogP contribution in [-0.4, -0.2) is 7.05 Å². The first-order valence-corrected chi connectivity index (χ1v) is 7.51. The van der Waals surface area contributed by atoms with E-state index < -0.39 is 0 Å². The molecule has 100 valence electrons. The third kappa shape index (κ3) is 3.96. The van der Waals surface area contributed by atoms with Crippen molar-refractivity contribution in [2.24, 2.45) is 0 Å². The maximum absolute atomic E-state index is 6.28. The van der Waals surface area contributed by atoms with Crippen LogP contribution in [0.25, 0.3) is 0 Å². The van der Waals surface area contributed by atoms with Gasteiger partial charge in [-0.3, -0.25) is 0 Å². The molecule has 4 heteroatoms. The Hall–Kier alpha value is -0.540. The fourth-order valence-electron chi connectivity index (χ4n) is 2.01. The molecule has 2 rings (SSSR count). The summed E-state index contributed by atoms with van der Waals surface area (Å²) in [5.41, 5.74) is 2.31. The summed E-state index contributed by atoms with van der Waals surface area (Å²) in [6.45, 7) is 0. The summed E-state index contributed by atoms with van der Waals surface area (Å²) in [4.78, 5) is 0. The molecule has 0 amide bonds. The van der Waals surface area contributed by atoms with Gasteiger partial charge in [0.25, 0.3) is 0 Å². The van der Waals surface area contributed by atoms with Crippen molar-refractivity contribution in [1.29, 1.82) is 0 Å². The van der Waals surface area contributed by atoms with Crippen molar-refractivity contribution in [2.45, 2.75) is 12.5 Å². The lowest BCUT2D eigenvalue weighted by Crippen LogP contribution is -2.19. The monoisotopic (exact) mass is 357 g/mol. The molecule has 0 aliphatic heterocycles. The van der Waals surface area contributed by atoms with Crippen LogP contribution >= 0.6 is 39.1 Å². The molecular weight excluding hydrogens is 345 g/mol. The van der Waals surface area contributed by atoms with Crippen molar-refractivity contribution in [3.8, 4) is 0 Å². The van der Waals surface area contributed by atoms with Crippen LogP contribution in [0.2, 0.25) is 10.0 Å². The summed E-state index contributed by atoms with van der Waals surface area (Å²) in [6.07, 6.45) is 0.865. The molecule has 0 aliphatic carbocycles. The van der Waals surface area contributed by atoms with E-state index in [1.165, 1.54) is 5.56 Å². The Labute approximate surface area is 132 Å². The molecule has 0 fully saturated rings. The molecule has 1 atom stereocenters. The fourth-order valence-corrected chi connectivity index (χ4v) is 2.76. The SMILES string of the molecule is CNC(Cc1ccc(Cl)cc1)c1cc(Br)ccc1Cl. The van der Waals surface area contributed by atoms with Gasteiger partial charge in [0.2, 0.25) is 0 Å². The molecule has 0 aromatic heterocycles. The zero-order valence-corrected chi connectivity index (χ0v) is 13.6. The first-order chi connectivity index (χ1) is 9.10. The van der Waals surface area contributed by atoms with Gasteiger partial charge in [0.15, 0.2) is 0 Å². The third-order valence-electron chi connectivity index (χ3n) is 3.04. The molecule has 0 spiro atoms. The maximum Gasteiger partial charge on any atom is 0.0454 e. The van der Waals surface area contributed by atoms with Crippen LogP contribution in [0.5, 0.6) is 0 Å². The molecule has 0 saturated carbocycles. The quantitative estimate of drug-likeness (QED) is 0.786. The molecule has 2 aromatic carbocycles. The minimum Gasteiger partial charge on any atom is -0.313 e. The number of nitrogens with one attached hydrogen (secondary N) is 1. The standard InChI is InChI=1S/C15H14BrCl2N/c1-19-15(8-10-2-5-12(17)6-3-10)13-9-11(16)4-7-14(13)18/h2-7,9,15,19H,8H2,1H3. The summed E-state index contributed by atoms with van der Waals surface area (Å²) in [7, 11) is 1.94. The van der Waals surface area contributed by atoms with Crippen molar-refractivity contribution in [1.82, 2.24) is 5.32 Å². The van der Waals surface area contributed by atoms with Crippen molar-refractivity contribution in [3.05, 3.63) is 68.1 Å². The van der Waals surface area contributed by atoms with Crippen LogP contribution in [0.15, 0.2) is 46.9 Å². The van der Waals surface area contributed by atoms with Crippen LogP contribution in [0, 0.1) is 0 Å². The molecule has 0 saturated heterocycles. The average molecular weight is 359 g/mol. The van der Waals surface area contributed by atoms with Gasteiger partial charge in [0.05, 0.1) is 0 Å². The highest BCUT2D eigenvalue weighted by atomic mass is 79.9. The van der Waals surface area contributed by atoms with E-state index in [2.05, 4.69) is 27.3 Å². The Balaban J connectivity index is 2.24. The Morgan fingerprint density at radius 1 is 1.11 bits per heavy atom. The van der Waals surface area contributed by atoms with Crippen molar-refractivity contribution in [2.75, 3.05) is 7.05 Å². The third-order valence-corrected chi connectivity index (χ3v) is 4.12. The van der Waals surface area contributed by atoms with Crippen LogP contribution in [0.4, 0.5) is 0 Å². The van der Waals surface area contributed by atoms with Crippen LogP contribution in [0.3, 0.4) is 0 Å². The number of likely N-dealkylation sites (N-methyl/N-ethyl adjacent to an activating group) is 1. The zero-order chi connectivity index (χ0) is 13.8. The van der Waals surface area contributed by atoms with Crippen LogP contribution < -0.4 is 5.32 Å². The summed E-state index contributed by atoms with van der Waals surface area (Å²) in [5, 5.41) is 4.84. The summed E-state index contributed by atoms with van der Waals surface area (Å²) >= 11 is 15.7. The summed E-state index contributed by atoms with van der Waals surface area (Å²) in [5.74, 6) is 0. The van der Waals surface area contributed by atoms with E-state index in [0.29, 0.717) is 0 Å². The predicted octanol–water partition coefficient (Wildman–Crippen LogP) is 5.26. The highest BCUT2D eigenvalue weighted by molar-refractivity contribution is 9.10. The number of hydrogen-bond acceptors (Lipinski definition) is 1. The summed E-state index contributed by atoms with van der Waals surface area (Å²) < 4.78 is 1.03. The Kier molecular flexibility index (Phi) is 5.28. The van der Waals surface area contributed by atoms with Gasteiger partial charge < -0.3 is 5.32 Å². The minimum absolute atomic E-state index is 0.172. The van der Waals surface area contributed by atoms with Gasteiger partial charge >= 0.3 is 0 Å². The number of benzene rings is 2. The second-order valence-electron chi connectivity index (χ2n) is 4.34. The molecule has 0 bridgehead atoms. The normalized spacial score (nSPS) is 12.4. The van der Waals surface area contributed by atoms with Gasteiger partial charge in [0.1, 0.15) is 0 Å². The molecule has 0 heterocycles. The van der Waals surface area contributed by atoms with Crippen LogP contribution in [-0.2, 0) is 6.42 Å². The van der Waals surface area contributed by atoms with E-state index in [0.717, 1.165) is 26.5 Å². The largest absolute Gasteiger partial charge is 0.313 e. The highest BCUT2D eigenvalue weighted by Crippen LogP contribution is 2.28. The highest BCUT2D eigenvalue weighted by Gasteiger charge is 2.14. The van der Waals surface area contributed by atoms with Gasteiger partial charge in [-0.15, -0.1) is 0 Å². The second-order valence-corrected chi connectivity index (χ2v) is 6.10. The second kappa shape index (κ2) is 6.76. The number of halogens is 3. The van der Waals surface area contributed by atoms with E-state index in [-0.39, 0.29) is 6.04 Å². The predicted molar refractivity (Wildman–Crippen MR) is 86.1 cm³/mol. The van der Waals surface area contributed by atoms with E-state index in [4.69, 9.17) is 23.2 Å². The molecule has 19 heavy (non-hydrogen) atoms. The smallest absolute Gasteiger partial charge is 0.0454 e. The van der Waals surface area contributed by atoms with Gasteiger partial charge in [-0.05, 0) is 54.9 Å². The van der Waals surface area contributed by atoms with Crippen LogP contribution in [0.1, 0.15) is 17.2 Å². The van der Waals surface area contributed by atoms with E-state index >= 15 is 0 Å². The molecule has 2 aromatic rings. The minimum atomic E-state index is 0.172. The molecule has 1 nitrogen and oxygen atoms in total. The topological polar surface area (TPSA) is 12.0 Å². The zero-order valence-electron chi connectivity index (χ0n) is 10.5. The lowest BCUT2D eigenvalue weighted by atomic mass is 9.99. The Morgan fingerprint density at radius 2 is 1.79 bits per heavy atom. The van der Waals surface area contributed by atoms with E-state index in [1.807, 2.05) is 43.4 Å². The van der Waals surface area contributed by atoms with E-state index in [9.17, 15) is 0 Å². The Morgan fingerprint density at radius 3 is 2.42 bits per heavy atom. The van der Waals surface area contributed by atoms with Crippen molar-refractivity contribution in [3.63, 3.8) is 0 Å². The fraction of sp³-hybridized carbons (Fsp3) is 0.200. The lowest BCUT2D eigenvalue weighted by molar-refractivity contribution is 0.592. The molecule has 1 N–H and O–H groups in total. The Bertz CT molecular complexity index is 555. The lowest BCUT2D eigenvalue weighted by Gasteiger charge is -2.18. The number of rotatable bonds is 4. The van der Waals surface area contributed by atoms with E-state index in [1.54, 1.807) is 0 Å². The molecule has 1 unspecified atom stereocenters. The first kappa shape index (κ1) is 14.9. The van der Waals surface area contributed by atoms with Gasteiger partial charge in [-0.1, -0.05) is 51.3 Å². The first-order valence-electron chi connectivity index (χ1n) is 5.97. The molecular formula is C15H14BrCl2N. The van der Waals surface area contributed by atoms with Crippen molar-refractivity contribution < 1.29 is 0 Å². The summed E-state index contributed by atoms with van der Waals surface area (Å²) in [6, 6.07) is 14.0. The van der Waals surface area contributed by atoms with Gasteiger partial charge in [0, 0.05) is 20.6 Å². The molecule has 0 aliphatic rings. The van der Waals surface area contributed by atoms with Gasteiger partial charge in [-0.25, -0.2) is 0 Å². The maximum atomic E-state index is 6.28. The van der Waals surface area contributed by atoms with Crippen molar-refractivity contribution >= 4 is 39.1 Å². The average Bonchev–Trinajstić information content (AvgIpc) is 2.41.